The summed E-state index contributed by atoms with van der Waals surface area (Å²) in [6.45, 7) is 6.03. The number of aliphatic carboxylic acids is 1. The van der Waals surface area contributed by atoms with Crippen molar-refractivity contribution in [3.05, 3.63) is 0 Å². The summed E-state index contributed by atoms with van der Waals surface area (Å²) in [5, 5.41) is 8.12. The van der Waals surface area contributed by atoms with Gasteiger partial charge in [-0.05, 0) is 12.3 Å². The highest BCUT2D eigenvalue weighted by atomic mass is 32.2. The molecular formula is C21H42O4S. The molecule has 1 unspecified atom stereocenters. The third-order valence-corrected chi connectivity index (χ3v) is 6.63. The number of unbranched alkanes of at least 4 members (excludes halogenated alkanes) is 11. The normalized spacial score (nSPS) is 17.6. The van der Waals surface area contributed by atoms with E-state index in [1.165, 1.54) is 70.6 Å². The van der Waals surface area contributed by atoms with Crippen LogP contribution < -0.4 is 0 Å². The van der Waals surface area contributed by atoms with Crippen molar-refractivity contribution in [2.45, 2.75) is 116 Å². The maximum Gasteiger partial charge on any atom is 0.303 e. The number of sulfone groups is 1. The second-order valence-corrected chi connectivity index (χ2v) is 10.4. The molecule has 0 aromatic carbocycles. The van der Waals surface area contributed by atoms with Gasteiger partial charge in [-0.3, -0.25) is 4.79 Å². The van der Waals surface area contributed by atoms with E-state index in [-0.39, 0.29) is 17.6 Å². The molecule has 5 heteroatoms. The zero-order valence-electron chi connectivity index (χ0n) is 17.3. The molecule has 1 fully saturated rings. The van der Waals surface area contributed by atoms with Gasteiger partial charge in [-0.1, -0.05) is 97.8 Å². The van der Waals surface area contributed by atoms with E-state index in [1.807, 2.05) is 13.8 Å². The Morgan fingerprint density at radius 2 is 1.27 bits per heavy atom. The lowest BCUT2D eigenvalue weighted by atomic mass is 10.0. The molecule has 0 bridgehead atoms. The maximum atomic E-state index is 11.0. The largest absolute Gasteiger partial charge is 0.481 e. The average Bonchev–Trinajstić information content (AvgIpc) is 3.14. The molecule has 0 radical (unpaired) electrons. The minimum absolute atomic E-state index is 0.0376. The summed E-state index contributed by atoms with van der Waals surface area (Å²) in [5.74, 6) is 0.0258. The molecule has 4 nitrogen and oxygen atoms in total. The first-order valence-corrected chi connectivity index (χ1v) is 12.4. The monoisotopic (exact) mass is 390 g/mol. The Bertz CT molecular complexity index is 443. The molecule has 1 N–H and O–H groups in total. The number of carboxylic acid groups (broad SMARTS) is 1. The van der Waals surface area contributed by atoms with Crippen molar-refractivity contribution in [2.24, 2.45) is 5.92 Å². The van der Waals surface area contributed by atoms with Crippen LogP contribution in [0.2, 0.25) is 0 Å². The van der Waals surface area contributed by atoms with Gasteiger partial charge in [0, 0.05) is 6.42 Å². The van der Waals surface area contributed by atoms with Gasteiger partial charge >= 0.3 is 5.97 Å². The molecule has 1 aliphatic rings. The fourth-order valence-corrected chi connectivity index (χ4v) is 4.51. The Balaban J connectivity index is 0.000000758. The van der Waals surface area contributed by atoms with Crippen molar-refractivity contribution in [1.82, 2.24) is 0 Å². The Labute approximate surface area is 162 Å². The summed E-state index contributed by atoms with van der Waals surface area (Å²) in [7, 11) is -2.57. The molecule has 0 aromatic rings. The highest BCUT2D eigenvalue weighted by Crippen LogP contribution is 2.27. The molecule has 0 amide bonds. The fraction of sp³-hybridized carbons (Fsp3) is 0.952. The van der Waals surface area contributed by atoms with Crippen molar-refractivity contribution in [2.75, 3.05) is 5.75 Å². The summed E-state index contributed by atoms with van der Waals surface area (Å²) in [5.41, 5.74) is 0. The predicted molar refractivity (Wildman–Crippen MR) is 110 cm³/mol. The molecule has 156 valence electrons. The third kappa shape index (κ3) is 16.9. The second kappa shape index (κ2) is 15.5. The first-order chi connectivity index (χ1) is 12.3. The molecule has 1 rings (SSSR count). The van der Waals surface area contributed by atoms with Gasteiger partial charge in [-0.15, -0.1) is 0 Å². The van der Waals surface area contributed by atoms with Crippen LogP contribution in [0.4, 0.5) is 0 Å². The minimum atomic E-state index is -2.57. The van der Waals surface area contributed by atoms with Crippen LogP contribution in [0.3, 0.4) is 0 Å². The van der Waals surface area contributed by atoms with Crippen molar-refractivity contribution in [1.29, 1.82) is 0 Å². The second-order valence-electron chi connectivity index (χ2n) is 8.12. The summed E-state index contributed by atoms with van der Waals surface area (Å²) in [6, 6.07) is 0. The van der Waals surface area contributed by atoms with Crippen molar-refractivity contribution in [3.8, 4) is 0 Å². The van der Waals surface area contributed by atoms with Crippen molar-refractivity contribution >= 4 is 15.8 Å². The molecule has 1 saturated heterocycles. The van der Waals surface area contributed by atoms with E-state index in [0.29, 0.717) is 5.75 Å². The highest BCUT2D eigenvalue weighted by molar-refractivity contribution is 7.99. The van der Waals surface area contributed by atoms with Gasteiger partial charge in [0.1, 0.15) is 0 Å². The first kappa shape index (κ1) is 25.4. The lowest BCUT2D eigenvalue weighted by Crippen LogP contribution is -1.99. The van der Waals surface area contributed by atoms with Gasteiger partial charge in [0.25, 0.3) is 0 Å². The smallest absolute Gasteiger partial charge is 0.303 e. The van der Waals surface area contributed by atoms with E-state index < -0.39 is 15.8 Å². The van der Waals surface area contributed by atoms with E-state index in [9.17, 15) is 13.2 Å². The molecular weight excluding hydrogens is 348 g/mol. The number of carboxylic acids is 1. The van der Waals surface area contributed by atoms with Gasteiger partial charge in [0.05, 0.1) is 11.0 Å². The van der Waals surface area contributed by atoms with Crippen molar-refractivity contribution in [3.63, 3.8) is 0 Å². The highest BCUT2D eigenvalue weighted by Gasteiger charge is 2.42. The molecule has 0 saturated carbocycles. The number of carbonyl (C=O) groups is 1. The van der Waals surface area contributed by atoms with Crippen LogP contribution in [0.5, 0.6) is 0 Å². The molecule has 0 aliphatic carbocycles. The van der Waals surface area contributed by atoms with E-state index >= 15 is 0 Å². The number of rotatable bonds is 15. The number of hydrogen-bond acceptors (Lipinski definition) is 3. The third-order valence-electron chi connectivity index (χ3n) is 4.77. The van der Waals surface area contributed by atoms with E-state index in [2.05, 4.69) is 6.92 Å². The standard InChI is InChI=1S/C16H32O2S.C5H10O2/c1-2-3-4-5-6-7-8-9-10-11-12-13-14-16-15-19(16,17)18;1-4(2)3-5(6)7/h16H,2-15H2,1H3;4H,3H2,1-2H3,(H,6,7). The molecule has 0 aromatic heterocycles. The SMILES string of the molecule is CC(C)CC(=O)O.CCCCCCCCCCCCCCC1CS1(=O)=O. The maximum absolute atomic E-state index is 11.0. The van der Waals surface area contributed by atoms with Crippen molar-refractivity contribution < 1.29 is 18.3 Å². The Kier molecular flexibility index (Phi) is 15.1. The average molecular weight is 391 g/mol. The first-order valence-electron chi connectivity index (χ1n) is 10.7. The topological polar surface area (TPSA) is 71.4 Å². The lowest BCUT2D eigenvalue weighted by Gasteiger charge is -2.02. The summed E-state index contributed by atoms with van der Waals surface area (Å²) in [6.07, 6.45) is 17.3. The van der Waals surface area contributed by atoms with Crippen LogP contribution in [0, 0.1) is 5.92 Å². The van der Waals surface area contributed by atoms with Crippen LogP contribution >= 0.6 is 0 Å². The van der Waals surface area contributed by atoms with Crippen LogP contribution in [0.1, 0.15) is 111 Å². The zero-order valence-corrected chi connectivity index (χ0v) is 18.2. The van der Waals surface area contributed by atoms with Gasteiger partial charge in [0.15, 0.2) is 9.84 Å². The molecule has 1 heterocycles. The minimum Gasteiger partial charge on any atom is -0.481 e. The van der Waals surface area contributed by atoms with Crippen LogP contribution in [0.25, 0.3) is 0 Å². The number of hydrogen-bond donors (Lipinski definition) is 1. The summed E-state index contributed by atoms with van der Waals surface area (Å²) >= 11 is 0. The van der Waals surface area contributed by atoms with Gasteiger partial charge in [0.2, 0.25) is 0 Å². The molecule has 26 heavy (non-hydrogen) atoms. The van der Waals surface area contributed by atoms with Gasteiger partial charge in [-0.25, -0.2) is 8.42 Å². The van der Waals surface area contributed by atoms with Crippen LogP contribution in [0.15, 0.2) is 0 Å². The fourth-order valence-electron chi connectivity index (χ4n) is 3.04. The van der Waals surface area contributed by atoms with Crippen LogP contribution in [-0.4, -0.2) is 30.5 Å². The predicted octanol–water partition coefficient (Wildman–Crippen LogP) is 5.99. The zero-order chi connectivity index (χ0) is 19.8. The van der Waals surface area contributed by atoms with Gasteiger partial charge in [-0.2, -0.15) is 0 Å². The molecule has 1 aliphatic heterocycles. The van der Waals surface area contributed by atoms with Crippen LogP contribution in [-0.2, 0) is 14.6 Å². The van der Waals surface area contributed by atoms with Gasteiger partial charge < -0.3 is 5.11 Å². The molecule has 0 spiro atoms. The Morgan fingerprint density at radius 3 is 1.54 bits per heavy atom. The Hall–Kier alpha value is -0.580. The lowest BCUT2D eigenvalue weighted by molar-refractivity contribution is -0.137. The van der Waals surface area contributed by atoms with E-state index in [0.717, 1.165) is 12.8 Å². The molecule has 1 atom stereocenters. The quantitative estimate of drug-likeness (QED) is 0.275. The Morgan fingerprint density at radius 1 is 0.885 bits per heavy atom. The van der Waals surface area contributed by atoms with E-state index in [4.69, 9.17) is 5.11 Å². The van der Waals surface area contributed by atoms with E-state index in [1.54, 1.807) is 0 Å². The summed E-state index contributed by atoms with van der Waals surface area (Å²) < 4.78 is 22.0. The summed E-state index contributed by atoms with van der Waals surface area (Å²) in [4.78, 5) is 9.81.